The molecule has 0 unspecified atom stereocenters. The van der Waals surface area contributed by atoms with Crippen molar-refractivity contribution >= 4 is 0 Å². The van der Waals surface area contributed by atoms with Crippen molar-refractivity contribution < 1.29 is 4.39 Å². The van der Waals surface area contributed by atoms with Gasteiger partial charge in [0.1, 0.15) is 5.82 Å². The first-order valence-corrected chi connectivity index (χ1v) is 5.58. The second-order valence-corrected chi connectivity index (χ2v) is 3.69. The van der Waals surface area contributed by atoms with E-state index in [9.17, 15) is 4.39 Å². The van der Waals surface area contributed by atoms with E-state index in [0.717, 1.165) is 5.56 Å². The normalized spacial score (nSPS) is 12.0. The van der Waals surface area contributed by atoms with Crippen molar-refractivity contribution in [3.63, 3.8) is 0 Å². The third-order valence-corrected chi connectivity index (χ3v) is 2.17. The van der Waals surface area contributed by atoms with Crippen LogP contribution in [0.15, 0.2) is 18.2 Å². The van der Waals surface area contributed by atoms with Gasteiger partial charge in [-0.15, -0.1) is 0 Å². The molecule has 1 nitrogen and oxygen atoms in total. The van der Waals surface area contributed by atoms with E-state index in [1.807, 2.05) is 39.8 Å². The molecule has 0 radical (unpaired) electrons. The summed E-state index contributed by atoms with van der Waals surface area (Å²) in [6, 6.07) is 5.17. The van der Waals surface area contributed by atoms with E-state index in [1.165, 1.54) is 0 Å². The lowest BCUT2D eigenvalue weighted by Crippen LogP contribution is -2.09. The fourth-order valence-corrected chi connectivity index (χ4v) is 1.37. The molecule has 0 aliphatic rings. The number of hydrogen-bond acceptors (Lipinski definition) is 1. The standard InChI is InChI=1S/C11H16FN.C2H6/c1-7(2)9-5-4-6-10(8(3)13)11(9)12;1-2/h4-8H,13H2,1-3H3;1-2H3/t8-;/m1./s1. The van der Waals surface area contributed by atoms with Crippen molar-refractivity contribution in [1.29, 1.82) is 0 Å². The zero-order valence-electron chi connectivity index (χ0n) is 10.3. The van der Waals surface area contributed by atoms with E-state index >= 15 is 0 Å². The number of hydrogen-bond donors (Lipinski definition) is 1. The molecule has 2 heteroatoms. The molecule has 0 saturated heterocycles. The lowest BCUT2D eigenvalue weighted by atomic mass is 9.97. The smallest absolute Gasteiger partial charge is 0.131 e. The van der Waals surface area contributed by atoms with E-state index in [1.54, 1.807) is 13.0 Å². The molecule has 0 amide bonds. The maximum Gasteiger partial charge on any atom is 0.131 e. The highest BCUT2D eigenvalue weighted by Gasteiger charge is 2.12. The predicted molar refractivity (Wildman–Crippen MR) is 64.4 cm³/mol. The summed E-state index contributed by atoms with van der Waals surface area (Å²) in [4.78, 5) is 0. The summed E-state index contributed by atoms with van der Waals surface area (Å²) < 4.78 is 13.7. The predicted octanol–water partition coefficient (Wildman–Crippen LogP) is 4.00. The first-order valence-electron chi connectivity index (χ1n) is 5.58. The lowest BCUT2D eigenvalue weighted by Gasteiger charge is -2.12. The molecule has 0 aliphatic heterocycles. The molecule has 1 aromatic carbocycles. The topological polar surface area (TPSA) is 26.0 Å². The molecule has 2 N–H and O–H groups in total. The molecule has 0 spiro atoms. The first kappa shape index (κ1) is 14.1. The first-order chi connectivity index (χ1) is 7.04. The van der Waals surface area contributed by atoms with Gasteiger partial charge in [-0.2, -0.15) is 0 Å². The quantitative estimate of drug-likeness (QED) is 0.786. The lowest BCUT2D eigenvalue weighted by molar-refractivity contribution is 0.569. The average Bonchev–Trinajstić information content (AvgIpc) is 2.20. The fraction of sp³-hybridized carbons (Fsp3) is 0.538. The maximum absolute atomic E-state index is 13.7. The Balaban J connectivity index is 0.000000921. The highest BCUT2D eigenvalue weighted by Crippen LogP contribution is 2.23. The van der Waals surface area contributed by atoms with Crippen LogP contribution in [-0.4, -0.2) is 0 Å². The second-order valence-electron chi connectivity index (χ2n) is 3.69. The Kier molecular flexibility index (Phi) is 6.18. The van der Waals surface area contributed by atoms with Gasteiger partial charge in [0.15, 0.2) is 0 Å². The van der Waals surface area contributed by atoms with Crippen molar-refractivity contribution in [2.24, 2.45) is 5.73 Å². The van der Waals surface area contributed by atoms with Crippen LogP contribution in [0.25, 0.3) is 0 Å². The van der Waals surface area contributed by atoms with Crippen molar-refractivity contribution in [2.75, 3.05) is 0 Å². The Bertz CT molecular complexity index is 266. The molecule has 1 rings (SSSR count). The van der Waals surface area contributed by atoms with Crippen molar-refractivity contribution in [3.8, 4) is 0 Å². The van der Waals surface area contributed by atoms with E-state index in [-0.39, 0.29) is 17.8 Å². The monoisotopic (exact) mass is 211 g/mol. The van der Waals surface area contributed by atoms with Gasteiger partial charge < -0.3 is 5.73 Å². The minimum Gasteiger partial charge on any atom is -0.324 e. The fourth-order valence-electron chi connectivity index (χ4n) is 1.37. The van der Waals surface area contributed by atoms with Gasteiger partial charge in [0, 0.05) is 11.6 Å². The Morgan fingerprint density at radius 1 is 1.07 bits per heavy atom. The molecule has 15 heavy (non-hydrogen) atoms. The van der Waals surface area contributed by atoms with Crippen LogP contribution in [0.1, 0.15) is 57.7 Å². The molecule has 0 aliphatic carbocycles. The van der Waals surface area contributed by atoms with Gasteiger partial charge in [0.2, 0.25) is 0 Å². The third kappa shape index (κ3) is 3.63. The SMILES string of the molecule is CC.CC(C)c1cccc([C@@H](C)N)c1F. The van der Waals surface area contributed by atoms with Crippen LogP contribution in [0.5, 0.6) is 0 Å². The second kappa shape index (κ2) is 6.57. The molecular weight excluding hydrogens is 189 g/mol. The van der Waals surface area contributed by atoms with Gasteiger partial charge in [-0.05, 0) is 18.4 Å². The highest BCUT2D eigenvalue weighted by molar-refractivity contribution is 5.29. The van der Waals surface area contributed by atoms with Gasteiger partial charge in [-0.3, -0.25) is 0 Å². The number of nitrogens with two attached hydrogens (primary N) is 1. The molecule has 0 saturated carbocycles. The molecule has 86 valence electrons. The number of benzene rings is 1. The van der Waals surface area contributed by atoms with E-state index in [2.05, 4.69) is 0 Å². The molecule has 1 atom stereocenters. The summed E-state index contributed by atoms with van der Waals surface area (Å²) in [5.74, 6) is 0.0613. The van der Waals surface area contributed by atoms with Crippen LogP contribution in [0.3, 0.4) is 0 Å². The van der Waals surface area contributed by atoms with Crippen LogP contribution in [0.4, 0.5) is 4.39 Å². The molecule has 0 aromatic heterocycles. The zero-order chi connectivity index (χ0) is 12.0. The highest BCUT2D eigenvalue weighted by atomic mass is 19.1. The number of halogens is 1. The van der Waals surface area contributed by atoms with Gasteiger partial charge in [0.25, 0.3) is 0 Å². The van der Waals surface area contributed by atoms with Crippen LogP contribution in [0.2, 0.25) is 0 Å². The van der Waals surface area contributed by atoms with Gasteiger partial charge in [0.05, 0.1) is 0 Å². The van der Waals surface area contributed by atoms with Crippen molar-refractivity contribution in [2.45, 2.75) is 46.6 Å². The van der Waals surface area contributed by atoms with Crippen molar-refractivity contribution in [1.82, 2.24) is 0 Å². The van der Waals surface area contributed by atoms with Crippen LogP contribution >= 0.6 is 0 Å². The summed E-state index contributed by atoms with van der Waals surface area (Å²) in [7, 11) is 0. The summed E-state index contributed by atoms with van der Waals surface area (Å²) >= 11 is 0. The van der Waals surface area contributed by atoms with Gasteiger partial charge >= 0.3 is 0 Å². The molecule has 0 fully saturated rings. The van der Waals surface area contributed by atoms with Crippen LogP contribution < -0.4 is 5.73 Å². The molecule has 0 heterocycles. The summed E-state index contributed by atoms with van der Waals surface area (Å²) in [5.41, 5.74) is 6.99. The Labute approximate surface area is 92.5 Å². The molecule has 0 bridgehead atoms. The number of rotatable bonds is 2. The van der Waals surface area contributed by atoms with Crippen molar-refractivity contribution in [3.05, 3.63) is 35.1 Å². The van der Waals surface area contributed by atoms with Gasteiger partial charge in [-0.1, -0.05) is 45.9 Å². The summed E-state index contributed by atoms with van der Waals surface area (Å²) in [5, 5.41) is 0. The molecule has 1 aromatic rings. The Morgan fingerprint density at radius 2 is 1.53 bits per heavy atom. The van der Waals surface area contributed by atoms with Crippen LogP contribution in [0, 0.1) is 5.82 Å². The van der Waals surface area contributed by atoms with E-state index in [0.29, 0.717) is 5.56 Å². The molecular formula is C13H22FN. The Morgan fingerprint density at radius 3 is 1.93 bits per heavy atom. The van der Waals surface area contributed by atoms with Crippen LogP contribution in [-0.2, 0) is 0 Å². The zero-order valence-corrected chi connectivity index (χ0v) is 10.3. The van der Waals surface area contributed by atoms with Gasteiger partial charge in [-0.25, -0.2) is 4.39 Å². The minimum atomic E-state index is -0.237. The third-order valence-electron chi connectivity index (χ3n) is 2.17. The van der Waals surface area contributed by atoms with E-state index in [4.69, 9.17) is 5.73 Å². The van der Waals surface area contributed by atoms with E-state index < -0.39 is 0 Å². The summed E-state index contributed by atoms with van der Waals surface area (Å²) in [6.07, 6.45) is 0. The largest absolute Gasteiger partial charge is 0.324 e. The minimum absolute atomic E-state index is 0.146. The maximum atomic E-state index is 13.7. The summed E-state index contributed by atoms with van der Waals surface area (Å²) in [6.45, 7) is 9.75. The Hall–Kier alpha value is -0.890. The average molecular weight is 211 g/mol.